The highest BCUT2D eigenvalue weighted by molar-refractivity contribution is 7.89. The first-order chi connectivity index (χ1) is 11.9. The van der Waals surface area contributed by atoms with E-state index in [9.17, 15) is 13.2 Å². The van der Waals surface area contributed by atoms with E-state index in [4.69, 9.17) is 0 Å². The van der Waals surface area contributed by atoms with Crippen LogP contribution in [0.1, 0.15) is 12.5 Å². The molecule has 10 heteroatoms. The van der Waals surface area contributed by atoms with Gasteiger partial charge in [0.25, 0.3) is 10.0 Å². The van der Waals surface area contributed by atoms with Crippen LogP contribution in [-0.2, 0) is 24.1 Å². The highest BCUT2D eigenvalue weighted by Gasteiger charge is 2.36. The summed E-state index contributed by atoms with van der Waals surface area (Å²) in [5.74, 6) is 0. The fourth-order valence-corrected chi connectivity index (χ4v) is 4.77. The molecule has 4 rings (SSSR count). The molecule has 1 aliphatic heterocycles. The third-order valence-corrected chi connectivity index (χ3v) is 6.38. The van der Waals surface area contributed by atoms with Crippen molar-refractivity contribution < 1.29 is 8.42 Å². The molecule has 25 heavy (non-hydrogen) atoms. The van der Waals surface area contributed by atoms with Crippen LogP contribution in [-0.4, -0.2) is 49.5 Å². The van der Waals surface area contributed by atoms with Crippen LogP contribution in [0.15, 0.2) is 40.7 Å². The van der Waals surface area contributed by atoms with Crippen molar-refractivity contribution in [2.45, 2.75) is 17.5 Å². The predicted molar refractivity (Wildman–Crippen MR) is 90.6 cm³/mol. The summed E-state index contributed by atoms with van der Waals surface area (Å²) >= 11 is 0. The van der Waals surface area contributed by atoms with E-state index in [0.717, 1.165) is 5.52 Å². The molecule has 0 unspecified atom stereocenters. The molecule has 0 radical (unpaired) electrons. The number of hydrogen-bond donors (Lipinski definition) is 0. The molecule has 3 aromatic heterocycles. The Balaban J connectivity index is 1.70. The molecule has 0 amide bonds. The zero-order chi connectivity index (χ0) is 17.8. The minimum absolute atomic E-state index is 0.0269. The number of pyridine rings is 1. The smallest absolute Gasteiger partial charge is 0.330 e. The van der Waals surface area contributed by atoms with Crippen LogP contribution in [0.5, 0.6) is 0 Å². The molecule has 1 aliphatic rings. The lowest BCUT2D eigenvalue weighted by atomic mass is 10.2. The van der Waals surface area contributed by atoms with Gasteiger partial charge >= 0.3 is 5.69 Å². The number of imidazole rings is 2. The molecule has 4 heterocycles. The largest absolute Gasteiger partial charge is 0.339 e. The molecule has 1 fully saturated rings. The van der Waals surface area contributed by atoms with E-state index in [1.165, 1.54) is 21.4 Å². The molecule has 0 aliphatic carbocycles. The van der Waals surface area contributed by atoms with Gasteiger partial charge in [-0.25, -0.2) is 23.2 Å². The summed E-state index contributed by atoms with van der Waals surface area (Å²) in [5, 5.41) is 0.0269. The molecular formula is C15H18N6O3S. The summed E-state index contributed by atoms with van der Waals surface area (Å²) in [4.78, 5) is 20.9. The van der Waals surface area contributed by atoms with Crippen LogP contribution in [0.3, 0.4) is 0 Å². The van der Waals surface area contributed by atoms with E-state index in [2.05, 4.69) is 9.97 Å². The molecule has 0 saturated carbocycles. The lowest BCUT2D eigenvalue weighted by molar-refractivity contribution is 0.447. The van der Waals surface area contributed by atoms with Gasteiger partial charge in [0.15, 0.2) is 10.7 Å². The molecule has 9 nitrogen and oxygen atoms in total. The van der Waals surface area contributed by atoms with Crippen molar-refractivity contribution in [1.82, 2.24) is 28.0 Å². The average molecular weight is 362 g/mol. The Morgan fingerprint density at radius 2 is 2.04 bits per heavy atom. The van der Waals surface area contributed by atoms with E-state index in [-0.39, 0.29) is 23.3 Å². The fraction of sp³-hybridized carbons (Fsp3) is 0.400. The minimum Gasteiger partial charge on any atom is -0.339 e. The Bertz CT molecular complexity index is 1110. The number of aromatic nitrogens is 5. The summed E-state index contributed by atoms with van der Waals surface area (Å²) in [7, 11) is -0.242. The van der Waals surface area contributed by atoms with Crippen molar-refractivity contribution in [2.75, 3.05) is 13.1 Å². The van der Waals surface area contributed by atoms with Gasteiger partial charge in [0.05, 0.1) is 17.9 Å². The summed E-state index contributed by atoms with van der Waals surface area (Å²) in [6, 6.07) is 3.36. The Morgan fingerprint density at radius 1 is 1.24 bits per heavy atom. The van der Waals surface area contributed by atoms with Gasteiger partial charge in [0.1, 0.15) is 0 Å². The Hall–Kier alpha value is -2.46. The van der Waals surface area contributed by atoms with Crippen molar-refractivity contribution >= 4 is 21.2 Å². The Kier molecular flexibility index (Phi) is 3.55. The first-order valence-electron chi connectivity index (χ1n) is 7.89. The maximum Gasteiger partial charge on any atom is 0.330 e. The number of hydrogen-bond acceptors (Lipinski definition) is 5. The molecule has 132 valence electrons. The third-order valence-electron chi connectivity index (χ3n) is 4.63. The minimum atomic E-state index is -3.66. The standard InChI is InChI=1S/C15H18N6O3S/c1-18-9-13(17-10-18)25(23,24)20-7-5-11(8-20)21-14-12(4-3-6-16-14)19(2)15(21)22/h3-4,6,9-11H,5,7-8H2,1-2H3/t11-/m1/s1. The third kappa shape index (κ3) is 2.40. The van der Waals surface area contributed by atoms with Gasteiger partial charge < -0.3 is 4.57 Å². The van der Waals surface area contributed by atoms with E-state index in [1.54, 1.807) is 35.5 Å². The van der Waals surface area contributed by atoms with Gasteiger partial charge in [-0.15, -0.1) is 0 Å². The van der Waals surface area contributed by atoms with Crippen molar-refractivity contribution in [2.24, 2.45) is 14.1 Å². The number of sulfonamides is 1. The monoisotopic (exact) mass is 362 g/mol. The van der Waals surface area contributed by atoms with Crippen LogP contribution in [0.2, 0.25) is 0 Å². The summed E-state index contributed by atoms with van der Waals surface area (Å²) in [5.41, 5.74) is 1.13. The average Bonchev–Trinajstić information content (AvgIpc) is 3.29. The highest BCUT2D eigenvalue weighted by Crippen LogP contribution is 2.27. The van der Waals surface area contributed by atoms with E-state index in [0.29, 0.717) is 18.6 Å². The maximum atomic E-state index is 12.7. The molecule has 0 spiro atoms. The lowest BCUT2D eigenvalue weighted by Gasteiger charge is -2.15. The van der Waals surface area contributed by atoms with Gasteiger partial charge in [-0.05, 0) is 18.6 Å². The first kappa shape index (κ1) is 16.0. The number of aryl methyl sites for hydroxylation is 2. The van der Waals surface area contributed by atoms with Gasteiger partial charge in [0, 0.05) is 39.6 Å². The van der Waals surface area contributed by atoms with E-state index >= 15 is 0 Å². The van der Waals surface area contributed by atoms with Gasteiger partial charge in [-0.1, -0.05) is 0 Å². The molecular weight excluding hydrogens is 344 g/mol. The zero-order valence-corrected chi connectivity index (χ0v) is 14.7. The predicted octanol–water partition coefficient (Wildman–Crippen LogP) is 0.104. The second-order valence-electron chi connectivity index (χ2n) is 6.24. The molecule has 1 atom stereocenters. The fourth-order valence-electron chi connectivity index (χ4n) is 3.31. The Labute approximate surface area is 144 Å². The van der Waals surface area contributed by atoms with E-state index in [1.807, 2.05) is 6.07 Å². The summed E-state index contributed by atoms with van der Waals surface area (Å²) < 4.78 is 31.6. The number of nitrogens with zero attached hydrogens (tertiary/aromatic N) is 6. The number of fused-ring (bicyclic) bond motifs is 1. The summed E-state index contributed by atoms with van der Waals surface area (Å²) in [6.45, 7) is 0.577. The van der Waals surface area contributed by atoms with Crippen LogP contribution >= 0.6 is 0 Å². The van der Waals surface area contributed by atoms with Crippen molar-refractivity contribution in [3.05, 3.63) is 41.3 Å². The Morgan fingerprint density at radius 3 is 2.76 bits per heavy atom. The van der Waals surface area contributed by atoms with Gasteiger partial charge in [-0.3, -0.25) is 9.13 Å². The quantitative estimate of drug-likeness (QED) is 0.659. The second kappa shape index (κ2) is 5.53. The topological polar surface area (TPSA) is 95.0 Å². The molecule has 0 bridgehead atoms. The first-order valence-corrected chi connectivity index (χ1v) is 9.33. The van der Waals surface area contributed by atoms with Crippen LogP contribution in [0.25, 0.3) is 11.2 Å². The van der Waals surface area contributed by atoms with Crippen molar-refractivity contribution in [1.29, 1.82) is 0 Å². The molecule has 1 saturated heterocycles. The van der Waals surface area contributed by atoms with Gasteiger partial charge in [0.2, 0.25) is 0 Å². The molecule has 0 N–H and O–H groups in total. The summed E-state index contributed by atoms with van der Waals surface area (Å²) in [6.07, 6.45) is 5.13. The maximum absolute atomic E-state index is 12.7. The second-order valence-corrected chi connectivity index (χ2v) is 8.13. The normalized spacial score (nSPS) is 19.0. The van der Waals surface area contributed by atoms with E-state index < -0.39 is 10.0 Å². The SMILES string of the molecule is Cn1cnc(S(=O)(=O)N2CC[C@@H](n3c(=O)n(C)c4cccnc43)C2)c1. The van der Waals surface area contributed by atoms with Gasteiger partial charge in [-0.2, -0.15) is 4.31 Å². The lowest BCUT2D eigenvalue weighted by Crippen LogP contribution is -2.32. The van der Waals surface area contributed by atoms with Crippen LogP contribution in [0.4, 0.5) is 0 Å². The molecule has 3 aromatic rings. The van der Waals surface area contributed by atoms with Crippen molar-refractivity contribution in [3.8, 4) is 0 Å². The highest BCUT2D eigenvalue weighted by atomic mass is 32.2. The zero-order valence-electron chi connectivity index (χ0n) is 13.9. The van der Waals surface area contributed by atoms with Crippen LogP contribution in [0, 0.1) is 0 Å². The van der Waals surface area contributed by atoms with Crippen LogP contribution < -0.4 is 5.69 Å². The number of rotatable bonds is 3. The van der Waals surface area contributed by atoms with Crippen molar-refractivity contribution in [3.63, 3.8) is 0 Å². The molecule has 0 aromatic carbocycles.